The number of unbranched alkanes of at least 4 members (excludes halogenated alkanes) is 2. The lowest BCUT2D eigenvalue weighted by molar-refractivity contribution is -0.120. The fraction of sp³-hybridized carbons (Fsp3) is 0.667. The number of rotatable bonds is 4. The number of amides is 4. The molecule has 0 spiro atoms. The minimum absolute atomic E-state index is 0.319. The summed E-state index contributed by atoms with van der Waals surface area (Å²) in [6.07, 6.45) is 3.06. The molecule has 0 aromatic heterocycles. The van der Waals surface area contributed by atoms with Gasteiger partial charge < -0.3 is 0 Å². The van der Waals surface area contributed by atoms with Gasteiger partial charge in [-0.2, -0.15) is 0 Å². The van der Waals surface area contributed by atoms with Crippen LogP contribution in [-0.2, 0) is 9.59 Å². The molecule has 14 heavy (non-hydrogen) atoms. The predicted molar refractivity (Wildman–Crippen MR) is 51.5 cm³/mol. The van der Waals surface area contributed by atoms with Crippen LogP contribution in [0.2, 0.25) is 0 Å². The second kappa shape index (κ2) is 7.06. The quantitative estimate of drug-likeness (QED) is 0.663. The average molecular weight is 200 g/mol. The summed E-state index contributed by atoms with van der Waals surface area (Å²) in [5, 5.41) is 4.01. The smallest absolute Gasteiger partial charge is 0.278 e. The van der Waals surface area contributed by atoms with Crippen molar-refractivity contribution in [2.45, 2.75) is 39.5 Å². The van der Waals surface area contributed by atoms with Gasteiger partial charge in [0.25, 0.3) is 0 Å². The third-order valence-corrected chi connectivity index (χ3v) is 1.55. The molecule has 80 valence electrons. The summed E-state index contributed by atoms with van der Waals surface area (Å²) in [5.74, 6) is -0.832. The first kappa shape index (κ1) is 12.6. The predicted octanol–water partition coefficient (Wildman–Crippen LogP) is 0.939. The molecule has 0 aliphatic rings. The normalized spacial score (nSPS) is 9.29. The van der Waals surface area contributed by atoms with Crippen molar-refractivity contribution in [2.24, 2.45) is 0 Å². The lowest BCUT2D eigenvalue weighted by Crippen LogP contribution is -2.41. The molecule has 0 heterocycles. The number of carbonyl (C=O) groups is 3. The third kappa shape index (κ3) is 7.27. The Kier molecular flexibility index (Phi) is 6.36. The highest BCUT2D eigenvalue weighted by Gasteiger charge is 2.07. The van der Waals surface area contributed by atoms with Gasteiger partial charge in [-0.3, -0.25) is 20.2 Å². The summed E-state index contributed by atoms with van der Waals surface area (Å²) in [7, 11) is 0. The second-order valence-electron chi connectivity index (χ2n) is 3.02. The molecule has 0 saturated carbocycles. The van der Waals surface area contributed by atoms with Crippen LogP contribution in [0.25, 0.3) is 0 Å². The van der Waals surface area contributed by atoms with E-state index in [4.69, 9.17) is 0 Å². The van der Waals surface area contributed by atoms with Crippen LogP contribution in [0.4, 0.5) is 4.79 Å². The van der Waals surface area contributed by atoms with E-state index in [1.165, 1.54) is 6.92 Å². The number of hydrogen-bond acceptors (Lipinski definition) is 3. The van der Waals surface area contributed by atoms with Crippen LogP contribution >= 0.6 is 0 Å². The molecule has 0 saturated heterocycles. The molecule has 0 rings (SSSR count). The van der Waals surface area contributed by atoms with Gasteiger partial charge in [-0.05, 0) is 6.42 Å². The van der Waals surface area contributed by atoms with Gasteiger partial charge in [0.15, 0.2) is 0 Å². The van der Waals surface area contributed by atoms with Crippen LogP contribution in [-0.4, -0.2) is 17.8 Å². The molecule has 2 N–H and O–H groups in total. The molecule has 0 aromatic carbocycles. The first-order valence-electron chi connectivity index (χ1n) is 4.67. The van der Waals surface area contributed by atoms with E-state index >= 15 is 0 Å². The lowest BCUT2D eigenvalue weighted by atomic mass is 10.2. The van der Waals surface area contributed by atoms with E-state index in [1.807, 2.05) is 12.2 Å². The van der Waals surface area contributed by atoms with E-state index in [9.17, 15) is 14.4 Å². The SMILES string of the molecule is CCCCCC(=O)NC(=O)NC(C)=O. The van der Waals surface area contributed by atoms with Gasteiger partial charge in [-0.25, -0.2) is 4.79 Å². The van der Waals surface area contributed by atoms with Crippen molar-refractivity contribution in [1.82, 2.24) is 10.6 Å². The fourth-order valence-electron chi connectivity index (χ4n) is 0.916. The maximum Gasteiger partial charge on any atom is 0.328 e. The second-order valence-corrected chi connectivity index (χ2v) is 3.02. The zero-order valence-corrected chi connectivity index (χ0v) is 8.55. The molecule has 4 amide bonds. The zero-order chi connectivity index (χ0) is 11.0. The Morgan fingerprint density at radius 3 is 2.21 bits per heavy atom. The molecule has 5 nitrogen and oxygen atoms in total. The van der Waals surface area contributed by atoms with Crippen LogP contribution in [0.15, 0.2) is 0 Å². The molecule has 0 atom stereocenters. The number of carbonyl (C=O) groups excluding carboxylic acids is 3. The standard InChI is InChI=1S/C9H16N2O3/c1-3-4-5-6-8(13)11-9(14)10-7(2)12/h3-6H2,1-2H3,(H2,10,11,12,13,14). The Balaban J connectivity index is 3.61. The number of imide groups is 2. The Morgan fingerprint density at radius 1 is 1.07 bits per heavy atom. The van der Waals surface area contributed by atoms with Crippen molar-refractivity contribution in [1.29, 1.82) is 0 Å². The van der Waals surface area contributed by atoms with Gasteiger partial charge in [-0.1, -0.05) is 19.8 Å². The maximum absolute atomic E-state index is 11.0. The summed E-state index contributed by atoms with van der Waals surface area (Å²) >= 11 is 0. The van der Waals surface area contributed by atoms with Crippen molar-refractivity contribution in [3.63, 3.8) is 0 Å². The van der Waals surface area contributed by atoms with Crippen LogP contribution in [0.5, 0.6) is 0 Å². The van der Waals surface area contributed by atoms with E-state index < -0.39 is 11.9 Å². The number of nitrogens with one attached hydrogen (secondary N) is 2. The molecule has 0 radical (unpaired) electrons. The number of hydrogen-bond donors (Lipinski definition) is 2. The highest BCUT2D eigenvalue weighted by atomic mass is 16.2. The van der Waals surface area contributed by atoms with Crippen molar-refractivity contribution in [2.75, 3.05) is 0 Å². The van der Waals surface area contributed by atoms with Crippen LogP contribution in [0.3, 0.4) is 0 Å². The van der Waals surface area contributed by atoms with E-state index in [2.05, 4.69) is 5.32 Å². The number of urea groups is 1. The highest BCUT2D eigenvalue weighted by Crippen LogP contribution is 1.97. The maximum atomic E-state index is 11.0. The molecule has 0 aromatic rings. The molecule has 0 bridgehead atoms. The molecular weight excluding hydrogens is 184 g/mol. The first-order chi connectivity index (χ1) is 6.56. The first-order valence-corrected chi connectivity index (χ1v) is 4.67. The monoisotopic (exact) mass is 200 g/mol. The van der Waals surface area contributed by atoms with Crippen molar-refractivity contribution in [3.05, 3.63) is 0 Å². The fourth-order valence-corrected chi connectivity index (χ4v) is 0.916. The van der Waals surface area contributed by atoms with Crippen molar-refractivity contribution >= 4 is 17.8 Å². The molecule has 0 unspecified atom stereocenters. The van der Waals surface area contributed by atoms with Crippen molar-refractivity contribution in [3.8, 4) is 0 Å². The molecule has 0 fully saturated rings. The molecule has 0 aliphatic carbocycles. The van der Waals surface area contributed by atoms with Gasteiger partial charge in [-0.15, -0.1) is 0 Å². The topological polar surface area (TPSA) is 75.3 Å². The molecule has 5 heteroatoms. The van der Waals surface area contributed by atoms with E-state index in [1.54, 1.807) is 0 Å². The van der Waals surface area contributed by atoms with Crippen molar-refractivity contribution < 1.29 is 14.4 Å². The van der Waals surface area contributed by atoms with Gasteiger partial charge in [0.05, 0.1) is 0 Å². The summed E-state index contributed by atoms with van der Waals surface area (Å²) in [6, 6.07) is -0.751. The minimum Gasteiger partial charge on any atom is -0.278 e. The third-order valence-electron chi connectivity index (χ3n) is 1.55. The molecular formula is C9H16N2O3. The van der Waals surface area contributed by atoms with Crippen LogP contribution in [0.1, 0.15) is 39.5 Å². The highest BCUT2D eigenvalue weighted by molar-refractivity contribution is 6.01. The molecule has 0 aliphatic heterocycles. The average Bonchev–Trinajstić information content (AvgIpc) is 2.02. The summed E-state index contributed by atoms with van der Waals surface area (Å²) in [4.78, 5) is 32.3. The zero-order valence-electron chi connectivity index (χ0n) is 8.55. The Labute approximate surface area is 83.2 Å². The van der Waals surface area contributed by atoms with Crippen LogP contribution < -0.4 is 10.6 Å². The minimum atomic E-state index is -0.751. The summed E-state index contributed by atoms with van der Waals surface area (Å²) < 4.78 is 0. The van der Waals surface area contributed by atoms with Gasteiger partial charge in [0.1, 0.15) is 0 Å². The Hall–Kier alpha value is -1.39. The van der Waals surface area contributed by atoms with E-state index in [0.717, 1.165) is 19.3 Å². The van der Waals surface area contributed by atoms with Gasteiger partial charge in [0.2, 0.25) is 11.8 Å². The Bertz CT molecular complexity index is 226. The Morgan fingerprint density at radius 2 is 1.71 bits per heavy atom. The summed E-state index contributed by atoms with van der Waals surface area (Å²) in [5.41, 5.74) is 0. The van der Waals surface area contributed by atoms with E-state index in [-0.39, 0.29) is 5.91 Å². The van der Waals surface area contributed by atoms with Gasteiger partial charge >= 0.3 is 6.03 Å². The lowest BCUT2D eigenvalue weighted by Gasteiger charge is -2.02. The van der Waals surface area contributed by atoms with Crippen LogP contribution in [0, 0.1) is 0 Å². The largest absolute Gasteiger partial charge is 0.328 e. The van der Waals surface area contributed by atoms with E-state index in [0.29, 0.717) is 6.42 Å². The summed E-state index contributed by atoms with van der Waals surface area (Å²) in [6.45, 7) is 3.24. The van der Waals surface area contributed by atoms with Gasteiger partial charge in [0, 0.05) is 13.3 Å².